The summed E-state index contributed by atoms with van der Waals surface area (Å²) in [5.41, 5.74) is 0.793. The highest BCUT2D eigenvalue weighted by Crippen LogP contribution is 2.17. The molecule has 0 radical (unpaired) electrons. The summed E-state index contributed by atoms with van der Waals surface area (Å²) >= 11 is 0. The van der Waals surface area contributed by atoms with Gasteiger partial charge in [-0.2, -0.15) is 0 Å². The molecular formula is C13H13N3O2. The van der Waals surface area contributed by atoms with Crippen molar-refractivity contribution < 1.29 is 9.53 Å². The number of aromatic nitrogens is 2. The highest BCUT2D eigenvalue weighted by atomic mass is 16.5. The number of carbonyl (C=O) groups is 1. The lowest BCUT2D eigenvalue weighted by Gasteiger charge is -2.14. The number of benzene rings is 1. The number of methoxy groups -OCH3 is 1. The molecule has 92 valence electrons. The number of anilines is 1. The maximum Gasteiger partial charge on any atom is 0.259 e. The molecule has 2 rings (SSSR count). The molecule has 1 aromatic carbocycles. The molecule has 1 atom stereocenters. The van der Waals surface area contributed by atoms with Crippen LogP contribution >= 0.6 is 0 Å². The van der Waals surface area contributed by atoms with Crippen LogP contribution in [0.25, 0.3) is 0 Å². The van der Waals surface area contributed by atoms with Crippen LogP contribution in [0.1, 0.15) is 11.7 Å². The average molecular weight is 243 g/mol. The maximum atomic E-state index is 12.0. The van der Waals surface area contributed by atoms with E-state index in [4.69, 9.17) is 4.74 Å². The van der Waals surface area contributed by atoms with Crippen LogP contribution in [0.2, 0.25) is 0 Å². The zero-order valence-electron chi connectivity index (χ0n) is 9.91. The fourth-order valence-corrected chi connectivity index (χ4v) is 1.58. The Morgan fingerprint density at radius 3 is 2.67 bits per heavy atom. The Hall–Kier alpha value is -2.27. The molecule has 1 aromatic heterocycles. The topological polar surface area (TPSA) is 64.1 Å². The first-order valence-electron chi connectivity index (χ1n) is 5.46. The van der Waals surface area contributed by atoms with Crippen LogP contribution < -0.4 is 5.32 Å². The molecule has 5 nitrogen and oxygen atoms in total. The molecule has 0 saturated heterocycles. The summed E-state index contributed by atoms with van der Waals surface area (Å²) in [6.45, 7) is 0. The maximum absolute atomic E-state index is 12.0. The Morgan fingerprint density at radius 2 is 2.06 bits per heavy atom. The lowest BCUT2D eigenvalue weighted by Crippen LogP contribution is -2.23. The van der Waals surface area contributed by atoms with Gasteiger partial charge in [-0.3, -0.25) is 9.78 Å². The number of hydrogen-bond acceptors (Lipinski definition) is 4. The summed E-state index contributed by atoms with van der Waals surface area (Å²) in [7, 11) is 1.49. The number of rotatable bonds is 4. The largest absolute Gasteiger partial charge is 0.367 e. The highest BCUT2D eigenvalue weighted by Gasteiger charge is 2.20. The summed E-state index contributed by atoms with van der Waals surface area (Å²) in [5, 5.41) is 2.65. The van der Waals surface area contributed by atoms with Crippen LogP contribution in [-0.2, 0) is 9.53 Å². The summed E-state index contributed by atoms with van der Waals surface area (Å²) in [4.78, 5) is 19.9. The molecule has 1 amide bonds. The number of ether oxygens (including phenoxy) is 1. The van der Waals surface area contributed by atoms with Gasteiger partial charge in [-0.05, 0) is 5.56 Å². The van der Waals surface area contributed by atoms with Crippen molar-refractivity contribution in [3.63, 3.8) is 0 Å². The number of nitrogens with one attached hydrogen (secondary N) is 1. The SMILES string of the molecule is CO[C@@H](C(=O)Nc1cnccn1)c1ccccc1. The third-order valence-corrected chi connectivity index (χ3v) is 2.39. The van der Waals surface area contributed by atoms with E-state index in [1.54, 1.807) is 6.20 Å². The van der Waals surface area contributed by atoms with Crippen LogP contribution in [0.4, 0.5) is 5.82 Å². The summed E-state index contributed by atoms with van der Waals surface area (Å²) in [6, 6.07) is 9.28. The van der Waals surface area contributed by atoms with Crippen molar-refractivity contribution in [1.82, 2.24) is 9.97 Å². The Kier molecular flexibility index (Phi) is 3.98. The zero-order chi connectivity index (χ0) is 12.8. The van der Waals surface area contributed by atoms with Crippen LogP contribution in [0.15, 0.2) is 48.9 Å². The van der Waals surface area contributed by atoms with Gasteiger partial charge in [0.1, 0.15) is 0 Å². The van der Waals surface area contributed by atoms with E-state index in [2.05, 4.69) is 15.3 Å². The molecule has 0 aliphatic heterocycles. The fraction of sp³-hybridized carbons (Fsp3) is 0.154. The summed E-state index contributed by atoms with van der Waals surface area (Å²) in [6.07, 6.45) is 3.88. The van der Waals surface area contributed by atoms with E-state index in [-0.39, 0.29) is 5.91 Å². The molecule has 0 fully saturated rings. The van der Waals surface area contributed by atoms with Gasteiger partial charge in [-0.1, -0.05) is 30.3 Å². The van der Waals surface area contributed by atoms with E-state index >= 15 is 0 Å². The molecule has 1 heterocycles. The number of carbonyl (C=O) groups excluding carboxylic acids is 1. The Morgan fingerprint density at radius 1 is 1.28 bits per heavy atom. The van der Waals surface area contributed by atoms with Gasteiger partial charge in [0.15, 0.2) is 11.9 Å². The first kappa shape index (κ1) is 12.2. The highest BCUT2D eigenvalue weighted by molar-refractivity contribution is 5.93. The Bertz CT molecular complexity index is 502. The summed E-state index contributed by atoms with van der Waals surface area (Å²) in [5.74, 6) is 0.129. The molecule has 0 saturated carbocycles. The molecule has 0 aliphatic rings. The molecule has 18 heavy (non-hydrogen) atoms. The minimum atomic E-state index is -0.659. The van der Waals surface area contributed by atoms with E-state index in [0.717, 1.165) is 5.56 Å². The Balaban J connectivity index is 2.12. The van der Waals surface area contributed by atoms with Crippen molar-refractivity contribution in [1.29, 1.82) is 0 Å². The third kappa shape index (κ3) is 2.89. The van der Waals surface area contributed by atoms with Crippen LogP contribution in [-0.4, -0.2) is 23.0 Å². The Labute approximate surface area is 105 Å². The third-order valence-electron chi connectivity index (χ3n) is 2.39. The molecular weight excluding hydrogens is 230 g/mol. The number of amides is 1. The predicted octanol–water partition coefficient (Wildman–Crippen LogP) is 1.80. The van der Waals surface area contributed by atoms with E-state index < -0.39 is 6.10 Å². The van der Waals surface area contributed by atoms with E-state index in [9.17, 15) is 4.79 Å². The second kappa shape index (κ2) is 5.88. The van der Waals surface area contributed by atoms with Gasteiger partial charge in [-0.15, -0.1) is 0 Å². The van der Waals surface area contributed by atoms with Gasteiger partial charge in [-0.25, -0.2) is 4.98 Å². The number of hydrogen-bond donors (Lipinski definition) is 1. The van der Waals surface area contributed by atoms with E-state index in [0.29, 0.717) is 5.82 Å². The second-order valence-electron chi connectivity index (χ2n) is 3.61. The molecule has 0 bridgehead atoms. The first-order chi connectivity index (χ1) is 8.81. The molecule has 0 spiro atoms. The first-order valence-corrected chi connectivity index (χ1v) is 5.46. The van der Waals surface area contributed by atoms with E-state index in [1.165, 1.54) is 19.5 Å². The minimum absolute atomic E-state index is 0.274. The lowest BCUT2D eigenvalue weighted by molar-refractivity contribution is -0.126. The molecule has 0 unspecified atom stereocenters. The molecule has 0 aliphatic carbocycles. The summed E-state index contributed by atoms with van der Waals surface area (Å²) < 4.78 is 5.21. The van der Waals surface area contributed by atoms with Gasteiger partial charge >= 0.3 is 0 Å². The van der Waals surface area contributed by atoms with Crippen LogP contribution in [0.3, 0.4) is 0 Å². The predicted molar refractivity (Wildman–Crippen MR) is 66.9 cm³/mol. The van der Waals surface area contributed by atoms with Crippen LogP contribution in [0, 0.1) is 0 Å². The number of nitrogens with zero attached hydrogens (tertiary/aromatic N) is 2. The average Bonchev–Trinajstić information content (AvgIpc) is 2.42. The van der Waals surface area contributed by atoms with E-state index in [1.807, 2.05) is 30.3 Å². The van der Waals surface area contributed by atoms with Crippen molar-refractivity contribution in [3.05, 3.63) is 54.5 Å². The van der Waals surface area contributed by atoms with Crippen molar-refractivity contribution in [2.45, 2.75) is 6.10 Å². The van der Waals surface area contributed by atoms with Crippen molar-refractivity contribution >= 4 is 11.7 Å². The molecule has 2 aromatic rings. The van der Waals surface area contributed by atoms with Crippen molar-refractivity contribution in [2.24, 2.45) is 0 Å². The van der Waals surface area contributed by atoms with Crippen molar-refractivity contribution in [2.75, 3.05) is 12.4 Å². The van der Waals surface area contributed by atoms with Gasteiger partial charge in [0.2, 0.25) is 0 Å². The van der Waals surface area contributed by atoms with Crippen molar-refractivity contribution in [3.8, 4) is 0 Å². The smallest absolute Gasteiger partial charge is 0.259 e. The second-order valence-corrected chi connectivity index (χ2v) is 3.61. The fourth-order valence-electron chi connectivity index (χ4n) is 1.58. The van der Waals surface area contributed by atoms with Gasteiger partial charge in [0.05, 0.1) is 6.20 Å². The monoisotopic (exact) mass is 243 g/mol. The molecule has 5 heteroatoms. The lowest BCUT2D eigenvalue weighted by atomic mass is 10.1. The van der Waals surface area contributed by atoms with Gasteiger partial charge in [0.25, 0.3) is 5.91 Å². The minimum Gasteiger partial charge on any atom is -0.367 e. The van der Waals surface area contributed by atoms with Gasteiger partial charge in [0, 0.05) is 19.5 Å². The van der Waals surface area contributed by atoms with Gasteiger partial charge < -0.3 is 10.1 Å². The quantitative estimate of drug-likeness (QED) is 0.889. The standard InChI is InChI=1S/C13H13N3O2/c1-18-12(10-5-3-2-4-6-10)13(17)16-11-9-14-7-8-15-11/h2-9,12H,1H3,(H,15,16,17)/t12-/m1/s1. The van der Waals surface area contributed by atoms with Crippen LogP contribution in [0.5, 0.6) is 0 Å². The molecule has 1 N–H and O–H groups in total. The zero-order valence-corrected chi connectivity index (χ0v) is 9.91. The normalized spacial score (nSPS) is 11.8.